The molecule has 1 aromatic rings. The van der Waals surface area contributed by atoms with Crippen LogP contribution in [-0.2, 0) is 6.54 Å². The molecule has 1 atom stereocenters. The fourth-order valence-corrected chi connectivity index (χ4v) is 1.93. The van der Waals surface area contributed by atoms with Crippen molar-refractivity contribution >= 4 is 11.8 Å². The quantitative estimate of drug-likeness (QED) is 0.709. The zero-order valence-electron chi connectivity index (χ0n) is 13.3. The summed E-state index contributed by atoms with van der Waals surface area (Å²) in [6.07, 6.45) is 2.29. The van der Waals surface area contributed by atoms with Crippen molar-refractivity contribution in [3.05, 3.63) is 23.9 Å². The predicted molar refractivity (Wildman–Crippen MR) is 84.3 cm³/mol. The van der Waals surface area contributed by atoms with Crippen molar-refractivity contribution < 1.29 is 9.90 Å². The van der Waals surface area contributed by atoms with E-state index in [1.165, 1.54) is 0 Å². The molecule has 0 aromatic carbocycles. The summed E-state index contributed by atoms with van der Waals surface area (Å²) in [6, 6.07) is 3.57. The Labute approximate surface area is 126 Å². The zero-order chi connectivity index (χ0) is 15.8. The number of anilines is 1. The summed E-state index contributed by atoms with van der Waals surface area (Å²) in [5.74, 6) is 1.14. The smallest absolute Gasteiger partial charge is 0.315 e. The van der Waals surface area contributed by atoms with E-state index in [1.807, 2.05) is 45.0 Å². The highest BCUT2D eigenvalue weighted by Crippen LogP contribution is 2.09. The van der Waals surface area contributed by atoms with Gasteiger partial charge in [0, 0.05) is 39.5 Å². The Kier molecular flexibility index (Phi) is 6.94. The number of aliphatic hydroxyl groups excluding tert-OH is 1. The largest absolute Gasteiger partial charge is 0.396 e. The number of nitrogens with zero attached hydrogens (tertiary/aromatic N) is 2. The number of aliphatic hydroxyl groups is 1. The molecule has 0 aliphatic carbocycles. The van der Waals surface area contributed by atoms with Gasteiger partial charge in [0.15, 0.2) is 0 Å². The van der Waals surface area contributed by atoms with Crippen LogP contribution in [0.3, 0.4) is 0 Å². The molecule has 0 saturated heterocycles. The number of carbonyl (C=O) groups is 1. The summed E-state index contributed by atoms with van der Waals surface area (Å²) in [5, 5.41) is 14.7. The van der Waals surface area contributed by atoms with Gasteiger partial charge in [-0.25, -0.2) is 9.78 Å². The van der Waals surface area contributed by atoms with Crippen molar-refractivity contribution in [2.45, 2.75) is 32.9 Å². The third-order valence-electron chi connectivity index (χ3n) is 3.28. The first kappa shape index (κ1) is 17.2. The van der Waals surface area contributed by atoms with E-state index in [2.05, 4.69) is 15.6 Å². The van der Waals surface area contributed by atoms with E-state index in [4.69, 9.17) is 5.11 Å². The Balaban J connectivity index is 2.50. The van der Waals surface area contributed by atoms with E-state index >= 15 is 0 Å². The average Bonchev–Trinajstić information content (AvgIpc) is 2.45. The first-order chi connectivity index (χ1) is 9.93. The van der Waals surface area contributed by atoms with Gasteiger partial charge in [0.1, 0.15) is 5.82 Å². The summed E-state index contributed by atoms with van der Waals surface area (Å²) >= 11 is 0. The Morgan fingerprint density at radius 2 is 2.14 bits per heavy atom. The van der Waals surface area contributed by atoms with Crippen LogP contribution in [0.4, 0.5) is 10.6 Å². The van der Waals surface area contributed by atoms with E-state index in [-0.39, 0.29) is 24.6 Å². The van der Waals surface area contributed by atoms with Crippen LogP contribution in [0.15, 0.2) is 18.3 Å². The summed E-state index contributed by atoms with van der Waals surface area (Å²) in [4.78, 5) is 18.0. The lowest BCUT2D eigenvalue weighted by Gasteiger charge is -2.21. The van der Waals surface area contributed by atoms with E-state index in [0.29, 0.717) is 13.0 Å². The van der Waals surface area contributed by atoms with Gasteiger partial charge in [0.25, 0.3) is 0 Å². The maximum Gasteiger partial charge on any atom is 0.315 e. The van der Waals surface area contributed by atoms with Crippen LogP contribution in [0.25, 0.3) is 0 Å². The molecule has 0 bridgehead atoms. The van der Waals surface area contributed by atoms with E-state index in [1.54, 1.807) is 6.20 Å². The van der Waals surface area contributed by atoms with Crippen molar-refractivity contribution in [1.29, 1.82) is 0 Å². The van der Waals surface area contributed by atoms with Crippen LogP contribution in [-0.4, -0.2) is 42.9 Å². The maximum atomic E-state index is 11.9. The van der Waals surface area contributed by atoms with Gasteiger partial charge < -0.3 is 20.6 Å². The molecule has 0 fully saturated rings. The Morgan fingerprint density at radius 3 is 2.71 bits per heavy atom. The van der Waals surface area contributed by atoms with Gasteiger partial charge in [-0.3, -0.25) is 0 Å². The zero-order valence-corrected chi connectivity index (χ0v) is 13.3. The van der Waals surface area contributed by atoms with Crippen molar-refractivity contribution in [2.75, 3.05) is 25.6 Å². The molecule has 1 heterocycles. The van der Waals surface area contributed by atoms with Gasteiger partial charge in [-0.2, -0.15) is 0 Å². The van der Waals surface area contributed by atoms with Crippen molar-refractivity contribution in [3.8, 4) is 0 Å². The molecule has 0 radical (unpaired) electrons. The van der Waals surface area contributed by atoms with Crippen molar-refractivity contribution in [3.63, 3.8) is 0 Å². The molecule has 1 unspecified atom stereocenters. The van der Waals surface area contributed by atoms with E-state index in [9.17, 15) is 4.79 Å². The standard InChI is InChI=1S/C15H26N4O2/c1-11(2)13(6-8-20)18-15(21)17-10-12-5-7-16-14(9-12)19(3)4/h5,7,9,11,13,20H,6,8,10H2,1-4H3,(H2,17,18,21). The van der Waals surface area contributed by atoms with Crippen LogP contribution in [0.2, 0.25) is 0 Å². The molecule has 118 valence electrons. The first-order valence-corrected chi connectivity index (χ1v) is 7.21. The summed E-state index contributed by atoms with van der Waals surface area (Å²) in [7, 11) is 3.85. The second-order valence-electron chi connectivity index (χ2n) is 5.61. The van der Waals surface area contributed by atoms with Gasteiger partial charge in [-0.15, -0.1) is 0 Å². The van der Waals surface area contributed by atoms with Crippen LogP contribution in [0.5, 0.6) is 0 Å². The molecule has 0 spiro atoms. The topological polar surface area (TPSA) is 77.5 Å². The minimum atomic E-state index is -0.217. The number of hydrogen-bond acceptors (Lipinski definition) is 4. The number of aromatic nitrogens is 1. The average molecular weight is 294 g/mol. The van der Waals surface area contributed by atoms with E-state index in [0.717, 1.165) is 11.4 Å². The van der Waals surface area contributed by atoms with Gasteiger partial charge in [-0.1, -0.05) is 13.8 Å². The maximum absolute atomic E-state index is 11.9. The van der Waals surface area contributed by atoms with Crippen molar-refractivity contribution in [1.82, 2.24) is 15.6 Å². The van der Waals surface area contributed by atoms with Crippen LogP contribution < -0.4 is 15.5 Å². The predicted octanol–water partition coefficient (Wildman–Crippen LogP) is 1.35. The van der Waals surface area contributed by atoms with Crippen LogP contribution in [0.1, 0.15) is 25.8 Å². The number of amides is 2. The number of urea groups is 1. The first-order valence-electron chi connectivity index (χ1n) is 7.21. The molecule has 3 N–H and O–H groups in total. The highest BCUT2D eigenvalue weighted by molar-refractivity contribution is 5.74. The lowest BCUT2D eigenvalue weighted by Crippen LogP contribution is -2.44. The molecule has 6 heteroatoms. The fraction of sp³-hybridized carbons (Fsp3) is 0.600. The monoisotopic (exact) mass is 294 g/mol. The molecule has 21 heavy (non-hydrogen) atoms. The Morgan fingerprint density at radius 1 is 1.43 bits per heavy atom. The number of nitrogens with one attached hydrogen (secondary N) is 2. The lowest BCUT2D eigenvalue weighted by atomic mass is 10.0. The molecule has 0 aliphatic heterocycles. The van der Waals surface area contributed by atoms with Crippen LogP contribution in [0, 0.1) is 5.92 Å². The Bertz CT molecular complexity index is 449. The number of carbonyl (C=O) groups excluding carboxylic acids is 1. The van der Waals surface area contributed by atoms with Crippen molar-refractivity contribution in [2.24, 2.45) is 5.92 Å². The summed E-state index contributed by atoms with van der Waals surface area (Å²) < 4.78 is 0. The van der Waals surface area contributed by atoms with Gasteiger partial charge in [0.05, 0.1) is 0 Å². The second kappa shape index (κ2) is 8.46. The molecule has 0 aliphatic rings. The minimum Gasteiger partial charge on any atom is -0.396 e. The van der Waals surface area contributed by atoms with Crippen LogP contribution >= 0.6 is 0 Å². The molecule has 2 amide bonds. The molecular weight excluding hydrogens is 268 g/mol. The van der Waals surface area contributed by atoms with Gasteiger partial charge in [0.2, 0.25) is 0 Å². The highest BCUT2D eigenvalue weighted by Gasteiger charge is 2.15. The highest BCUT2D eigenvalue weighted by atomic mass is 16.3. The normalized spacial score (nSPS) is 12.1. The lowest BCUT2D eigenvalue weighted by molar-refractivity contribution is 0.218. The third-order valence-corrected chi connectivity index (χ3v) is 3.28. The fourth-order valence-electron chi connectivity index (χ4n) is 1.93. The molecular formula is C15H26N4O2. The molecule has 0 saturated carbocycles. The number of pyridine rings is 1. The molecule has 6 nitrogen and oxygen atoms in total. The van der Waals surface area contributed by atoms with E-state index < -0.39 is 0 Å². The molecule has 1 aromatic heterocycles. The second-order valence-corrected chi connectivity index (χ2v) is 5.61. The summed E-state index contributed by atoms with van der Waals surface area (Å²) in [6.45, 7) is 4.55. The summed E-state index contributed by atoms with van der Waals surface area (Å²) in [5.41, 5.74) is 0.993. The molecule has 1 rings (SSSR count). The third kappa shape index (κ3) is 5.99. The van der Waals surface area contributed by atoms with Gasteiger partial charge >= 0.3 is 6.03 Å². The number of rotatable bonds is 7. The van der Waals surface area contributed by atoms with Gasteiger partial charge in [-0.05, 0) is 30.0 Å². The minimum absolute atomic E-state index is 0.0234. The Hall–Kier alpha value is -1.82. The SMILES string of the molecule is CC(C)C(CCO)NC(=O)NCc1ccnc(N(C)C)c1. The number of hydrogen-bond donors (Lipinski definition) is 3.